The summed E-state index contributed by atoms with van der Waals surface area (Å²) in [6, 6.07) is -0.254. The molecule has 0 amide bonds. The largest absolute Gasteiger partial charge is 0.394 e. The molecular weight excluding hydrogens is 400 g/mol. The Morgan fingerprint density at radius 1 is 1.32 bits per heavy atom. The summed E-state index contributed by atoms with van der Waals surface area (Å²) in [6.45, 7) is 7.12. The van der Waals surface area contributed by atoms with E-state index in [0.29, 0.717) is 21.0 Å². The van der Waals surface area contributed by atoms with Crippen molar-refractivity contribution in [2.45, 2.75) is 45.6 Å². The highest BCUT2D eigenvalue weighted by molar-refractivity contribution is 7.74. The first-order valence-corrected chi connectivity index (χ1v) is 10.1. The molecule has 28 heavy (non-hydrogen) atoms. The highest BCUT2D eigenvalue weighted by Gasteiger charge is 2.37. The van der Waals surface area contributed by atoms with Gasteiger partial charge in [-0.15, -0.1) is 0 Å². The van der Waals surface area contributed by atoms with Crippen LogP contribution >= 0.6 is 24.4 Å². The Kier molecular flexibility index (Phi) is 6.13. The molecule has 1 aromatic carbocycles. The van der Waals surface area contributed by atoms with Crippen LogP contribution in [0.5, 0.6) is 0 Å². The Morgan fingerprint density at radius 3 is 2.61 bits per heavy atom. The Labute approximate surface area is 172 Å². The molecule has 0 bridgehead atoms. The molecule has 152 valence electrons. The first kappa shape index (κ1) is 20.8. The van der Waals surface area contributed by atoms with Gasteiger partial charge in [-0.3, -0.25) is 14.3 Å². The number of nitrogens with one attached hydrogen (secondary N) is 2. The van der Waals surface area contributed by atoms with Crippen LogP contribution in [-0.2, 0) is 4.74 Å². The number of hydrogen-bond donors (Lipinski definition) is 3. The van der Waals surface area contributed by atoms with Crippen molar-refractivity contribution < 1.29 is 9.84 Å². The van der Waals surface area contributed by atoms with Crippen molar-refractivity contribution in [2.24, 2.45) is 0 Å². The van der Waals surface area contributed by atoms with Gasteiger partial charge < -0.3 is 20.1 Å². The smallest absolute Gasteiger partial charge is 0.330 e. The van der Waals surface area contributed by atoms with Gasteiger partial charge in [0.25, 0.3) is 5.56 Å². The second kappa shape index (κ2) is 8.24. The molecule has 0 saturated carbocycles. The zero-order chi connectivity index (χ0) is 20.6. The molecule has 1 aliphatic rings. The van der Waals surface area contributed by atoms with Crippen LogP contribution in [0.25, 0.3) is 0 Å². The number of H-pyrrole nitrogens is 1. The zero-order valence-electron chi connectivity index (χ0n) is 16.0. The van der Waals surface area contributed by atoms with Crippen LogP contribution in [-0.4, -0.2) is 46.5 Å². The quantitative estimate of drug-likeness (QED) is 0.579. The third-order valence-electron chi connectivity index (χ3n) is 5.17. The molecule has 1 aliphatic heterocycles. The fourth-order valence-electron chi connectivity index (χ4n) is 3.56. The predicted molar refractivity (Wildman–Crippen MR) is 113 cm³/mol. The first-order chi connectivity index (χ1) is 13.3. The van der Waals surface area contributed by atoms with E-state index in [2.05, 4.69) is 15.2 Å². The lowest BCUT2D eigenvalue weighted by atomic mass is 10.1. The number of aromatic amines is 1. The van der Waals surface area contributed by atoms with Gasteiger partial charge in [0, 0.05) is 31.3 Å². The van der Waals surface area contributed by atoms with E-state index in [0.717, 1.165) is 24.5 Å². The minimum atomic E-state index is -0.601. The van der Waals surface area contributed by atoms with Crippen LogP contribution < -0.4 is 21.5 Å². The van der Waals surface area contributed by atoms with Gasteiger partial charge >= 0.3 is 5.69 Å². The Bertz CT molecular complexity index is 1050. The van der Waals surface area contributed by atoms with Crippen molar-refractivity contribution in [3.8, 4) is 0 Å². The van der Waals surface area contributed by atoms with Crippen LogP contribution in [0.2, 0.25) is 0 Å². The van der Waals surface area contributed by atoms with E-state index >= 15 is 0 Å². The van der Waals surface area contributed by atoms with Crippen molar-refractivity contribution in [3.63, 3.8) is 0 Å². The number of aliphatic hydroxyl groups excluding tert-OH is 1. The van der Waals surface area contributed by atoms with Gasteiger partial charge in [-0.05, 0) is 20.8 Å². The van der Waals surface area contributed by atoms with Gasteiger partial charge in [0.15, 0.2) is 0 Å². The van der Waals surface area contributed by atoms with Gasteiger partial charge in [-0.2, -0.15) is 0 Å². The van der Waals surface area contributed by atoms with E-state index in [1.54, 1.807) is 6.92 Å². The molecule has 0 aliphatic carbocycles. The average Bonchev–Trinajstić information content (AvgIpc) is 3.09. The lowest BCUT2D eigenvalue weighted by Crippen LogP contribution is -2.34. The molecule has 3 atom stereocenters. The molecule has 3 N–H and O–H groups in total. The Hall–Kier alpha value is -1.88. The summed E-state index contributed by atoms with van der Waals surface area (Å²) in [5.41, 5.74) is 1.16. The van der Waals surface area contributed by atoms with E-state index < -0.39 is 23.6 Å². The predicted octanol–water partition coefficient (Wildman–Crippen LogP) is 1.79. The second-order valence-corrected chi connectivity index (χ2v) is 7.65. The summed E-state index contributed by atoms with van der Waals surface area (Å²) in [5.74, 6) is 0. The number of aliphatic hydroxyl groups is 1. The number of rotatable bonds is 7. The van der Waals surface area contributed by atoms with Gasteiger partial charge in [-0.25, -0.2) is 4.79 Å². The zero-order valence-corrected chi connectivity index (χ0v) is 17.7. The fourth-order valence-corrected chi connectivity index (χ4v) is 4.15. The molecule has 10 heteroatoms. The number of aromatic nitrogens is 2. The third-order valence-corrected chi connectivity index (χ3v) is 6.10. The van der Waals surface area contributed by atoms with Crippen LogP contribution in [0, 0.1) is 15.9 Å². The van der Waals surface area contributed by atoms with Crippen LogP contribution in [0.15, 0.2) is 15.8 Å². The molecule has 3 rings (SSSR count). The summed E-state index contributed by atoms with van der Waals surface area (Å²) in [5, 5.41) is 13.1. The number of aryl methyl sites for hydroxylation is 1. The number of hydrogen-bond acceptors (Lipinski definition) is 8. The highest BCUT2D eigenvalue weighted by atomic mass is 32.1. The van der Waals surface area contributed by atoms with E-state index in [1.165, 1.54) is 10.8 Å². The monoisotopic (exact) mass is 424 g/mol. The molecule has 1 fully saturated rings. The van der Waals surface area contributed by atoms with Gasteiger partial charge in [0.05, 0.1) is 33.0 Å². The topological polar surface area (TPSA) is 99.6 Å². The van der Waals surface area contributed by atoms with E-state index in [9.17, 15) is 14.7 Å². The van der Waals surface area contributed by atoms with Crippen LogP contribution in [0.4, 0.5) is 11.4 Å². The molecule has 1 aromatic heterocycles. The van der Waals surface area contributed by atoms with Crippen LogP contribution in [0.3, 0.4) is 0 Å². The maximum Gasteiger partial charge on any atom is 0.330 e. The summed E-state index contributed by atoms with van der Waals surface area (Å²) in [7, 11) is 0. The standard InChI is InChI=1S/C18H24N4O4S2/c1-4-21(5-2)14-13(15(27)16(14)28)19-10-6-12(26-11(10)8-23)22-7-9(3)17(24)20-18(22)25/h7,10-12,19,23H,4-6,8H2,1-3H3,(H,20,24,25)/t10-,11+,12+/m0/s1. The van der Waals surface area contributed by atoms with Crippen molar-refractivity contribution in [1.29, 1.82) is 0 Å². The average molecular weight is 425 g/mol. The Morgan fingerprint density at radius 2 is 2.00 bits per heavy atom. The molecule has 8 nitrogen and oxygen atoms in total. The molecule has 0 radical (unpaired) electrons. The van der Waals surface area contributed by atoms with Gasteiger partial charge in [0.1, 0.15) is 12.3 Å². The van der Waals surface area contributed by atoms with Crippen molar-refractivity contribution in [2.75, 3.05) is 29.9 Å². The van der Waals surface area contributed by atoms with Gasteiger partial charge in [0.2, 0.25) is 0 Å². The maximum atomic E-state index is 12.2. The SMILES string of the molecule is CCN(CC)c1c(N[C@H]2C[C@H](n3cc(C)c(=O)[nH]c3=O)O[C@@H]2CO)c(=S)c1=S. The van der Waals surface area contributed by atoms with E-state index in [-0.39, 0.29) is 12.6 Å². The molecular formula is C18H24N4O4S2. The summed E-state index contributed by atoms with van der Waals surface area (Å²) < 4.78 is 8.51. The van der Waals surface area contributed by atoms with E-state index in [1.807, 2.05) is 13.8 Å². The number of ether oxygens (including phenoxy) is 1. The number of anilines is 2. The van der Waals surface area contributed by atoms with Crippen molar-refractivity contribution in [1.82, 2.24) is 9.55 Å². The number of nitrogens with zero attached hydrogens (tertiary/aromatic N) is 2. The first-order valence-electron chi connectivity index (χ1n) is 9.25. The molecule has 1 saturated heterocycles. The lowest BCUT2D eigenvalue weighted by Gasteiger charge is -2.29. The minimum absolute atomic E-state index is 0.212. The molecule has 2 heterocycles. The summed E-state index contributed by atoms with van der Waals surface area (Å²) in [4.78, 5) is 28.2. The van der Waals surface area contributed by atoms with E-state index in [4.69, 9.17) is 29.2 Å². The normalized spacial score (nSPS) is 21.9. The maximum absolute atomic E-state index is 12.2. The second-order valence-electron chi connectivity index (χ2n) is 6.83. The van der Waals surface area contributed by atoms with Crippen molar-refractivity contribution >= 4 is 35.8 Å². The Balaban J connectivity index is 1.87. The summed E-state index contributed by atoms with van der Waals surface area (Å²) >= 11 is 10.8. The highest BCUT2D eigenvalue weighted by Crippen LogP contribution is 2.39. The molecule has 2 aromatic rings. The lowest BCUT2D eigenvalue weighted by molar-refractivity contribution is -0.0262. The van der Waals surface area contributed by atoms with Crippen LogP contribution in [0.1, 0.15) is 32.1 Å². The van der Waals surface area contributed by atoms with Gasteiger partial charge in [-0.1, -0.05) is 24.4 Å². The van der Waals surface area contributed by atoms with Crippen molar-refractivity contribution in [3.05, 3.63) is 41.6 Å². The third kappa shape index (κ3) is 3.57. The molecule has 0 spiro atoms. The minimum Gasteiger partial charge on any atom is -0.394 e. The summed E-state index contributed by atoms with van der Waals surface area (Å²) in [6.07, 6.45) is 0.787. The molecule has 0 unspecified atom stereocenters. The fraction of sp³-hybridized carbons (Fsp3) is 0.556.